The number of hydrogen-bond acceptors (Lipinski definition) is 4. The van der Waals surface area contributed by atoms with Crippen molar-refractivity contribution < 1.29 is 9.90 Å². The van der Waals surface area contributed by atoms with Crippen LogP contribution in [0.1, 0.15) is 16.7 Å². The van der Waals surface area contributed by atoms with Crippen LogP contribution in [-0.4, -0.2) is 18.1 Å². The van der Waals surface area contributed by atoms with Crippen LogP contribution in [0.5, 0.6) is 0 Å². The Kier molecular flexibility index (Phi) is 3.86. The average molecular weight is 227 g/mol. The second kappa shape index (κ2) is 5.34. The van der Waals surface area contributed by atoms with Gasteiger partial charge in [0, 0.05) is 13.1 Å². The number of nitriles is 2. The van der Waals surface area contributed by atoms with E-state index in [9.17, 15) is 4.79 Å². The van der Waals surface area contributed by atoms with Gasteiger partial charge in [-0.3, -0.25) is 0 Å². The second-order valence-electron chi connectivity index (χ2n) is 3.10. The molecule has 2 N–H and O–H groups in total. The fourth-order valence-corrected chi connectivity index (χ4v) is 1.36. The van der Waals surface area contributed by atoms with Gasteiger partial charge in [0.1, 0.15) is 12.1 Å². The van der Waals surface area contributed by atoms with Crippen LogP contribution >= 0.6 is 0 Å². The summed E-state index contributed by atoms with van der Waals surface area (Å²) < 4.78 is 0. The third-order valence-corrected chi connectivity index (χ3v) is 2.14. The predicted octanol–water partition coefficient (Wildman–Crippen LogP) is 1.57. The molecule has 0 aliphatic heterocycles. The molecule has 0 atom stereocenters. The Morgan fingerprint density at radius 1 is 1.35 bits per heavy atom. The number of anilines is 1. The molecule has 5 heteroatoms. The van der Waals surface area contributed by atoms with Crippen molar-refractivity contribution in [3.8, 4) is 12.1 Å². The zero-order valence-electron chi connectivity index (χ0n) is 9.06. The third-order valence-electron chi connectivity index (χ3n) is 2.14. The van der Waals surface area contributed by atoms with Crippen molar-refractivity contribution in [2.24, 2.45) is 0 Å². The summed E-state index contributed by atoms with van der Waals surface area (Å²) >= 11 is 0. The number of carboxylic acid groups (broad SMARTS) is 1. The zero-order chi connectivity index (χ0) is 12.8. The highest BCUT2D eigenvalue weighted by molar-refractivity contribution is 5.86. The Bertz CT molecular complexity index is 562. The van der Waals surface area contributed by atoms with Gasteiger partial charge in [0.05, 0.1) is 16.8 Å². The van der Waals surface area contributed by atoms with Gasteiger partial charge in [0.2, 0.25) is 0 Å². The normalized spacial score (nSPS) is 9.59. The largest absolute Gasteiger partial charge is 0.478 e. The average Bonchev–Trinajstić information content (AvgIpc) is 2.34. The summed E-state index contributed by atoms with van der Waals surface area (Å²) in [6.07, 6.45) is 2.22. The summed E-state index contributed by atoms with van der Waals surface area (Å²) in [4.78, 5) is 10.4. The first-order valence-corrected chi connectivity index (χ1v) is 4.70. The molecule has 0 saturated heterocycles. The Morgan fingerprint density at radius 2 is 2.00 bits per heavy atom. The molecule has 0 heterocycles. The topological polar surface area (TPSA) is 96.9 Å². The van der Waals surface area contributed by atoms with Crippen LogP contribution < -0.4 is 5.32 Å². The molecule has 1 rings (SSSR count). The van der Waals surface area contributed by atoms with Crippen molar-refractivity contribution in [2.45, 2.75) is 0 Å². The number of nitrogens with one attached hydrogen (secondary N) is 1. The van der Waals surface area contributed by atoms with E-state index in [0.717, 1.165) is 6.08 Å². The number of benzene rings is 1. The highest BCUT2D eigenvalue weighted by Gasteiger charge is 2.10. The van der Waals surface area contributed by atoms with Crippen molar-refractivity contribution in [2.75, 3.05) is 12.4 Å². The van der Waals surface area contributed by atoms with Crippen LogP contribution in [0.2, 0.25) is 0 Å². The van der Waals surface area contributed by atoms with Gasteiger partial charge in [-0.05, 0) is 17.7 Å². The first-order valence-electron chi connectivity index (χ1n) is 4.70. The van der Waals surface area contributed by atoms with Gasteiger partial charge in [-0.1, -0.05) is 6.07 Å². The summed E-state index contributed by atoms with van der Waals surface area (Å²) in [6, 6.07) is 7.05. The molecule has 1 aromatic rings. The second-order valence-corrected chi connectivity index (χ2v) is 3.10. The monoisotopic (exact) mass is 227 g/mol. The zero-order valence-corrected chi connectivity index (χ0v) is 9.06. The maximum absolute atomic E-state index is 10.4. The van der Waals surface area contributed by atoms with Crippen molar-refractivity contribution in [1.82, 2.24) is 0 Å². The van der Waals surface area contributed by atoms with Crippen LogP contribution in [0.3, 0.4) is 0 Å². The molecule has 0 spiro atoms. The van der Waals surface area contributed by atoms with E-state index in [-0.39, 0.29) is 11.1 Å². The maximum atomic E-state index is 10.4. The molecule has 0 bridgehead atoms. The summed E-state index contributed by atoms with van der Waals surface area (Å²) in [5.74, 6) is -1.11. The molecule has 84 valence electrons. The van der Waals surface area contributed by atoms with Crippen molar-refractivity contribution in [3.05, 3.63) is 34.9 Å². The highest BCUT2D eigenvalue weighted by atomic mass is 16.4. The van der Waals surface area contributed by atoms with Gasteiger partial charge >= 0.3 is 5.97 Å². The number of carbonyl (C=O) groups is 1. The summed E-state index contributed by atoms with van der Waals surface area (Å²) in [7, 11) is 1.64. The summed E-state index contributed by atoms with van der Waals surface area (Å²) in [6.45, 7) is 0. The molecule has 17 heavy (non-hydrogen) atoms. The van der Waals surface area contributed by atoms with E-state index in [0.29, 0.717) is 11.3 Å². The minimum atomic E-state index is -1.11. The van der Waals surface area contributed by atoms with Crippen molar-refractivity contribution in [1.29, 1.82) is 10.5 Å². The molecule has 0 fully saturated rings. The first-order chi connectivity index (χ1) is 8.13. The lowest BCUT2D eigenvalue weighted by atomic mass is 10.0. The smallest absolute Gasteiger partial charge is 0.328 e. The van der Waals surface area contributed by atoms with E-state index in [1.807, 2.05) is 12.1 Å². The van der Waals surface area contributed by atoms with E-state index in [4.69, 9.17) is 15.6 Å². The molecular weight excluding hydrogens is 218 g/mol. The number of nitrogens with zero attached hydrogens (tertiary/aromatic N) is 2. The van der Waals surface area contributed by atoms with Crippen LogP contribution in [0.4, 0.5) is 5.69 Å². The van der Waals surface area contributed by atoms with Crippen LogP contribution in [-0.2, 0) is 4.79 Å². The molecule has 0 aromatic heterocycles. The lowest BCUT2D eigenvalue weighted by molar-refractivity contribution is -0.131. The number of rotatable bonds is 3. The Morgan fingerprint density at radius 3 is 2.47 bits per heavy atom. The Hall–Kier alpha value is -2.79. The minimum Gasteiger partial charge on any atom is -0.478 e. The molecule has 5 nitrogen and oxygen atoms in total. The van der Waals surface area contributed by atoms with E-state index >= 15 is 0 Å². The van der Waals surface area contributed by atoms with Gasteiger partial charge in [-0.15, -0.1) is 0 Å². The van der Waals surface area contributed by atoms with Crippen molar-refractivity contribution in [3.63, 3.8) is 0 Å². The number of carboxylic acids is 1. The van der Waals surface area contributed by atoms with Crippen molar-refractivity contribution >= 4 is 17.7 Å². The van der Waals surface area contributed by atoms with E-state index in [2.05, 4.69) is 5.32 Å². The molecule has 1 aromatic carbocycles. The van der Waals surface area contributed by atoms with Crippen LogP contribution in [0.15, 0.2) is 18.2 Å². The molecular formula is C12H9N3O2. The standard InChI is InChI=1S/C12H9N3O2/c1-15-11-4-2-8(3-5-12(16)17)9(6-13)10(11)7-14/h2-5,15H,1H3,(H,16,17). The minimum absolute atomic E-state index is 0.164. The molecule has 0 amide bonds. The Labute approximate surface area is 98.2 Å². The number of hydrogen-bond donors (Lipinski definition) is 2. The highest BCUT2D eigenvalue weighted by Crippen LogP contribution is 2.23. The third kappa shape index (κ3) is 2.61. The van der Waals surface area contributed by atoms with Gasteiger partial charge in [-0.2, -0.15) is 10.5 Å². The molecule has 0 aliphatic carbocycles. The first kappa shape index (κ1) is 12.3. The maximum Gasteiger partial charge on any atom is 0.328 e. The molecule has 0 saturated carbocycles. The van der Waals surface area contributed by atoms with Crippen LogP contribution in [0, 0.1) is 22.7 Å². The molecule has 0 unspecified atom stereocenters. The fourth-order valence-electron chi connectivity index (χ4n) is 1.36. The van der Waals surface area contributed by atoms with E-state index in [1.54, 1.807) is 19.2 Å². The van der Waals surface area contributed by atoms with Crippen LogP contribution in [0.25, 0.3) is 6.08 Å². The Balaban J connectivity index is 3.41. The lowest BCUT2D eigenvalue weighted by Gasteiger charge is -2.06. The lowest BCUT2D eigenvalue weighted by Crippen LogP contribution is -1.97. The summed E-state index contributed by atoms with van der Waals surface area (Å²) in [5, 5.41) is 29.3. The van der Waals surface area contributed by atoms with E-state index < -0.39 is 5.97 Å². The fraction of sp³-hybridized carbons (Fsp3) is 0.0833. The predicted molar refractivity (Wildman–Crippen MR) is 62.1 cm³/mol. The van der Waals surface area contributed by atoms with Gasteiger partial charge in [0.25, 0.3) is 0 Å². The van der Waals surface area contributed by atoms with Gasteiger partial charge in [-0.25, -0.2) is 4.79 Å². The summed E-state index contributed by atoms with van der Waals surface area (Å²) in [5.41, 5.74) is 1.32. The molecule has 0 aliphatic rings. The quantitative estimate of drug-likeness (QED) is 0.764. The SMILES string of the molecule is CNc1ccc(C=CC(=O)O)c(C#N)c1C#N. The van der Waals surface area contributed by atoms with Gasteiger partial charge in [0.15, 0.2) is 0 Å². The van der Waals surface area contributed by atoms with E-state index in [1.165, 1.54) is 6.08 Å². The number of aliphatic carboxylic acids is 1. The molecule has 0 radical (unpaired) electrons. The van der Waals surface area contributed by atoms with Gasteiger partial charge < -0.3 is 10.4 Å².